The number of benzene rings is 1. The molecule has 0 saturated heterocycles. The van der Waals surface area contributed by atoms with Gasteiger partial charge >= 0.3 is 5.97 Å². The molecule has 3 heteroatoms. The molecule has 0 aliphatic heterocycles. The third kappa shape index (κ3) is 2.41. The summed E-state index contributed by atoms with van der Waals surface area (Å²) in [5.41, 5.74) is 2.72. The fourth-order valence-corrected chi connectivity index (χ4v) is 3.87. The van der Waals surface area contributed by atoms with E-state index in [9.17, 15) is 4.79 Å². The van der Waals surface area contributed by atoms with Crippen molar-refractivity contribution in [2.45, 2.75) is 32.6 Å². The first kappa shape index (κ1) is 13.5. The Bertz CT molecular complexity index is 509. The number of rotatable bonds is 3. The summed E-state index contributed by atoms with van der Waals surface area (Å²) < 4.78 is 10.3. The van der Waals surface area contributed by atoms with Gasteiger partial charge in [0.1, 0.15) is 5.75 Å². The van der Waals surface area contributed by atoms with Crippen molar-refractivity contribution in [2.75, 3.05) is 13.7 Å². The van der Waals surface area contributed by atoms with Crippen LogP contribution < -0.4 is 4.74 Å². The minimum absolute atomic E-state index is 0.00253. The molecule has 0 aromatic heterocycles. The molecule has 1 fully saturated rings. The predicted molar refractivity (Wildman–Crippen MR) is 76.7 cm³/mol. The first-order chi connectivity index (χ1) is 9.69. The molecule has 0 spiro atoms. The summed E-state index contributed by atoms with van der Waals surface area (Å²) in [5.74, 6) is 3.00. The molecule has 3 unspecified atom stereocenters. The van der Waals surface area contributed by atoms with Crippen molar-refractivity contribution in [1.29, 1.82) is 0 Å². The van der Waals surface area contributed by atoms with Gasteiger partial charge < -0.3 is 9.47 Å². The molecular weight excluding hydrogens is 252 g/mol. The molecular formula is C17H22O3. The van der Waals surface area contributed by atoms with Gasteiger partial charge in [0.25, 0.3) is 0 Å². The molecule has 0 radical (unpaired) electrons. The van der Waals surface area contributed by atoms with E-state index >= 15 is 0 Å². The molecule has 1 saturated carbocycles. The summed E-state index contributed by atoms with van der Waals surface area (Å²) in [6, 6.07) is 6.22. The van der Waals surface area contributed by atoms with Crippen LogP contribution in [-0.4, -0.2) is 19.7 Å². The minimum Gasteiger partial charge on any atom is -0.482 e. The number of esters is 1. The predicted octanol–water partition coefficient (Wildman–Crippen LogP) is 3.00. The molecule has 20 heavy (non-hydrogen) atoms. The fourth-order valence-electron chi connectivity index (χ4n) is 3.87. The van der Waals surface area contributed by atoms with E-state index in [1.165, 1.54) is 31.1 Å². The van der Waals surface area contributed by atoms with Gasteiger partial charge in [0, 0.05) is 0 Å². The fraction of sp³-hybridized carbons (Fsp3) is 0.588. The zero-order chi connectivity index (χ0) is 14.1. The van der Waals surface area contributed by atoms with E-state index < -0.39 is 0 Å². The summed E-state index contributed by atoms with van der Waals surface area (Å²) in [6.07, 6.45) is 4.94. The van der Waals surface area contributed by atoms with Crippen molar-refractivity contribution in [2.24, 2.45) is 17.8 Å². The highest BCUT2D eigenvalue weighted by Gasteiger charge is 2.37. The number of carbonyl (C=O) groups is 1. The highest BCUT2D eigenvalue weighted by atomic mass is 16.6. The Morgan fingerprint density at radius 2 is 2.15 bits per heavy atom. The first-order valence-electron chi connectivity index (χ1n) is 7.49. The Labute approximate surface area is 120 Å². The Morgan fingerprint density at radius 1 is 1.30 bits per heavy atom. The molecule has 1 aromatic carbocycles. The van der Waals surface area contributed by atoms with E-state index in [1.807, 2.05) is 12.1 Å². The second-order valence-corrected chi connectivity index (χ2v) is 6.15. The largest absolute Gasteiger partial charge is 0.482 e. The Morgan fingerprint density at radius 3 is 2.95 bits per heavy atom. The maximum absolute atomic E-state index is 11.2. The van der Waals surface area contributed by atoms with Crippen molar-refractivity contribution in [3.8, 4) is 5.75 Å². The quantitative estimate of drug-likeness (QED) is 0.795. The molecule has 2 aliphatic rings. The SMILES string of the molecule is COC(=O)COc1cccc2c1CC1CCC(C)C1C2. The third-order valence-electron chi connectivity index (χ3n) is 5.05. The highest BCUT2D eigenvalue weighted by Crippen LogP contribution is 2.46. The molecule has 0 N–H and O–H groups in total. The standard InChI is InChI=1S/C17H22O3/c1-11-6-7-13-9-15-12(8-14(11)13)4-3-5-16(15)20-10-17(18)19-2/h3-5,11,13-14H,6-10H2,1-2H3. The monoisotopic (exact) mass is 274 g/mol. The van der Waals surface area contributed by atoms with Crippen molar-refractivity contribution in [3.63, 3.8) is 0 Å². The Kier molecular flexibility index (Phi) is 3.68. The summed E-state index contributed by atoms with van der Waals surface area (Å²) in [5, 5.41) is 0. The second-order valence-electron chi connectivity index (χ2n) is 6.15. The van der Waals surface area contributed by atoms with Crippen LogP contribution >= 0.6 is 0 Å². The number of ether oxygens (including phenoxy) is 2. The normalized spacial score (nSPS) is 27.6. The number of hydrogen-bond acceptors (Lipinski definition) is 3. The lowest BCUT2D eigenvalue weighted by Crippen LogP contribution is -2.25. The van der Waals surface area contributed by atoms with Gasteiger partial charge in [-0.2, -0.15) is 0 Å². The number of fused-ring (bicyclic) bond motifs is 2. The zero-order valence-corrected chi connectivity index (χ0v) is 12.2. The van der Waals surface area contributed by atoms with E-state index in [4.69, 9.17) is 4.74 Å². The summed E-state index contributed by atoms with van der Waals surface area (Å²) in [4.78, 5) is 11.2. The van der Waals surface area contributed by atoms with Crippen molar-refractivity contribution < 1.29 is 14.3 Å². The second kappa shape index (κ2) is 5.47. The van der Waals surface area contributed by atoms with Crippen LogP contribution in [-0.2, 0) is 22.4 Å². The Hall–Kier alpha value is -1.51. The number of carbonyl (C=O) groups excluding carboxylic acids is 1. The van der Waals surface area contributed by atoms with Crippen LogP contribution in [0.5, 0.6) is 5.75 Å². The molecule has 0 bridgehead atoms. The molecule has 3 rings (SSSR count). The van der Waals surface area contributed by atoms with Gasteiger partial charge in [-0.1, -0.05) is 25.5 Å². The molecule has 1 aromatic rings. The van der Waals surface area contributed by atoms with Gasteiger partial charge in [-0.15, -0.1) is 0 Å². The average molecular weight is 274 g/mol. The van der Waals surface area contributed by atoms with Crippen LogP contribution in [0.2, 0.25) is 0 Å². The van der Waals surface area contributed by atoms with E-state index in [1.54, 1.807) is 0 Å². The maximum atomic E-state index is 11.2. The molecule has 2 aliphatic carbocycles. The van der Waals surface area contributed by atoms with Crippen LogP contribution in [0.4, 0.5) is 0 Å². The van der Waals surface area contributed by atoms with Crippen LogP contribution in [0.3, 0.4) is 0 Å². The van der Waals surface area contributed by atoms with Gasteiger partial charge in [-0.05, 0) is 54.2 Å². The third-order valence-corrected chi connectivity index (χ3v) is 5.05. The van der Waals surface area contributed by atoms with Gasteiger partial charge in [0.05, 0.1) is 7.11 Å². The minimum atomic E-state index is -0.328. The molecule has 0 amide bonds. The zero-order valence-electron chi connectivity index (χ0n) is 12.2. The molecule has 0 heterocycles. The van der Waals surface area contributed by atoms with E-state index in [-0.39, 0.29) is 12.6 Å². The van der Waals surface area contributed by atoms with E-state index in [0.29, 0.717) is 0 Å². The molecule has 108 valence electrons. The van der Waals surface area contributed by atoms with Crippen molar-refractivity contribution in [1.82, 2.24) is 0 Å². The lowest BCUT2D eigenvalue weighted by atomic mass is 9.75. The van der Waals surface area contributed by atoms with Gasteiger partial charge in [0.2, 0.25) is 0 Å². The van der Waals surface area contributed by atoms with Gasteiger partial charge in [-0.3, -0.25) is 0 Å². The van der Waals surface area contributed by atoms with E-state index in [2.05, 4.69) is 17.7 Å². The van der Waals surface area contributed by atoms with Crippen molar-refractivity contribution >= 4 is 5.97 Å². The Balaban J connectivity index is 1.80. The summed E-state index contributed by atoms with van der Waals surface area (Å²) in [6.45, 7) is 2.38. The average Bonchev–Trinajstić information content (AvgIpc) is 2.83. The number of methoxy groups -OCH3 is 1. The summed E-state index contributed by atoms with van der Waals surface area (Å²) >= 11 is 0. The van der Waals surface area contributed by atoms with Gasteiger partial charge in [-0.25, -0.2) is 4.79 Å². The smallest absolute Gasteiger partial charge is 0.343 e. The first-order valence-corrected chi connectivity index (χ1v) is 7.49. The summed E-state index contributed by atoms with van der Waals surface area (Å²) in [7, 11) is 1.39. The lowest BCUT2D eigenvalue weighted by Gasteiger charge is -2.31. The topological polar surface area (TPSA) is 35.5 Å². The van der Waals surface area contributed by atoms with Crippen LogP contribution in [0.1, 0.15) is 30.9 Å². The van der Waals surface area contributed by atoms with Crippen molar-refractivity contribution in [3.05, 3.63) is 29.3 Å². The van der Waals surface area contributed by atoms with Crippen LogP contribution in [0.15, 0.2) is 18.2 Å². The maximum Gasteiger partial charge on any atom is 0.343 e. The number of hydrogen-bond donors (Lipinski definition) is 0. The van der Waals surface area contributed by atoms with Crippen LogP contribution in [0, 0.1) is 17.8 Å². The van der Waals surface area contributed by atoms with Gasteiger partial charge in [0.15, 0.2) is 6.61 Å². The van der Waals surface area contributed by atoms with Crippen LogP contribution in [0.25, 0.3) is 0 Å². The van der Waals surface area contributed by atoms with E-state index in [0.717, 1.165) is 36.3 Å². The molecule has 3 nitrogen and oxygen atoms in total. The molecule has 3 atom stereocenters. The lowest BCUT2D eigenvalue weighted by molar-refractivity contribution is -0.142. The highest BCUT2D eigenvalue weighted by molar-refractivity contribution is 5.71.